The zero-order chi connectivity index (χ0) is 44.5. The number of aliphatic hydroxyl groups is 2. The summed E-state index contributed by atoms with van der Waals surface area (Å²) in [4.78, 5) is 30.6. The number of aryl methyl sites for hydroxylation is 4. The molecule has 0 heterocycles. The van der Waals surface area contributed by atoms with Gasteiger partial charge in [-0.3, -0.25) is 9.59 Å². The third-order valence-corrected chi connectivity index (χ3v) is 12.8. The van der Waals surface area contributed by atoms with Crippen LogP contribution in [0, 0.1) is 33.1 Å². The quantitative estimate of drug-likeness (QED) is 0.0922. The van der Waals surface area contributed by atoms with Crippen LogP contribution < -0.4 is 10.6 Å². The van der Waals surface area contributed by atoms with Crippen LogP contribution in [-0.4, -0.2) is 22.0 Å². The van der Waals surface area contributed by atoms with E-state index in [0.29, 0.717) is 33.4 Å². The molecule has 0 spiro atoms. The van der Waals surface area contributed by atoms with Crippen molar-refractivity contribution in [2.45, 2.75) is 64.8 Å². The van der Waals surface area contributed by atoms with Crippen LogP contribution in [0.4, 0.5) is 0 Å². The first-order chi connectivity index (χ1) is 30.2. The summed E-state index contributed by atoms with van der Waals surface area (Å²) >= 11 is 0. The molecule has 0 bridgehead atoms. The first-order valence-electron chi connectivity index (χ1n) is 21.5. The third kappa shape index (κ3) is 8.04. The molecule has 0 radical (unpaired) electrons. The van der Waals surface area contributed by atoms with E-state index in [2.05, 4.69) is 10.6 Å². The van der Waals surface area contributed by atoms with Crippen molar-refractivity contribution >= 4 is 33.4 Å². The lowest BCUT2D eigenvalue weighted by atomic mass is 9.74. The van der Waals surface area contributed by atoms with E-state index in [4.69, 9.17) is 0 Å². The Balaban J connectivity index is 1.27. The van der Waals surface area contributed by atoms with Crippen LogP contribution in [0.3, 0.4) is 0 Å². The van der Waals surface area contributed by atoms with Gasteiger partial charge in [-0.25, -0.2) is 0 Å². The van der Waals surface area contributed by atoms with Crippen molar-refractivity contribution < 1.29 is 19.8 Å². The molecule has 2 amide bonds. The molecule has 6 nitrogen and oxygen atoms in total. The number of hydrogen-bond acceptors (Lipinski definition) is 4. The van der Waals surface area contributed by atoms with E-state index in [-0.39, 0.29) is 0 Å². The standard InChI is InChI=1S/C57H54N2O4/c1-37-21-29-43(30-22-37)56(62,44-31-23-38(2)24-32-44)51(49-19-11-15-41-13-7-9-17-47(41)49)58-53(60)55(5,6)54(61)59-52(50-20-12-16-42-14-8-10-18-48(42)50)57(63,45-33-25-39(3)26-34-45)46-35-27-40(4)28-36-46/h7-36,51-52,62-63H,1-6H3,(H,58,60)(H,59,61). The fourth-order valence-corrected chi connectivity index (χ4v) is 8.78. The van der Waals surface area contributed by atoms with Gasteiger partial charge in [0.2, 0.25) is 11.8 Å². The molecule has 6 heteroatoms. The zero-order valence-corrected chi connectivity index (χ0v) is 36.7. The lowest BCUT2D eigenvalue weighted by molar-refractivity contribution is -0.144. The van der Waals surface area contributed by atoms with Crippen LogP contribution in [-0.2, 0) is 20.8 Å². The largest absolute Gasteiger partial charge is 0.378 e. The lowest BCUT2D eigenvalue weighted by Gasteiger charge is -2.41. The zero-order valence-electron chi connectivity index (χ0n) is 36.7. The molecule has 4 N–H and O–H groups in total. The average molecular weight is 831 g/mol. The SMILES string of the molecule is Cc1ccc(C(O)(c2ccc(C)cc2)C(NC(=O)C(C)(C)C(=O)NC(c2cccc3ccccc23)C(O)(c2ccc(C)cc2)c2ccc(C)cc2)c2cccc3ccccc23)cc1. The van der Waals surface area contributed by atoms with E-state index >= 15 is 9.59 Å². The molecular weight excluding hydrogens is 777 g/mol. The van der Waals surface area contributed by atoms with Crippen LogP contribution in [0.5, 0.6) is 0 Å². The minimum Gasteiger partial charge on any atom is -0.378 e. The average Bonchev–Trinajstić information content (AvgIpc) is 3.30. The van der Waals surface area contributed by atoms with Crippen molar-refractivity contribution in [1.82, 2.24) is 10.6 Å². The molecule has 0 aliphatic rings. The van der Waals surface area contributed by atoms with Crippen LogP contribution >= 0.6 is 0 Å². The molecule has 63 heavy (non-hydrogen) atoms. The van der Waals surface area contributed by atoms with Crippen molar-refractivity contribution in [2.24, 2.45) is 5.41 Å². The van der Waals surface area contributed by atoms with E-state index in [9.17, 15) is 10.2 Å². The minimum atomic E-state index is -1.80. The van der Waals surface area contributed by atoms with Gasteiger partial charge in [0.05, 0.1) is 12.1 Å². The van der Waals surface area contributed by atoms with Crippen LogP contribution in [0.2, 0.25) is 0 Å². The molecule has 8 rings (SSSR count). The smallest absolute Gasteiger partial charge is 0.235 e. The first kappa shape index (κ1) is 42.8. The third-order valence-electron chi connectivity index (χ3n) is 12.8. The maximum atomic E-state index is 15.3. The molecule has 0 saturated carbocycles. The maximum absolute atomic E-state index is 15.3. The second-order valence-corrected chi connectivity index (χ2v) is 17.6. The Bertz CT molecular complexity index is 2620. The molecular formula is C57H54N2O4. The summed E-state index contributed by atoms with van der Waals surface area (Å²) in [7, 11) is 0. The Kier molecular flexibility index (Phi) is 11.6. The Labute approximate surface area is 370 Å². The van der Waals surface area contributed by atoms with Gasteiger partial charge in [-0.2, -0.15) is 0 Å². The van der Waals surface area contributed by atoms with Gasteiger partial charge >= 0.3 is 0 Å². The van der Waals surface area contributed by atoms with Gasteiger partial charge in [0.1, 0.15) is 16.6 Å². The second kappa shape index (κ2) is 17.1. The van der Waals surface area contributed by atoms with Crippen molar-refractivity contribution in [3.05, 3.63) is 238 Å². The molecule has 0 aliphatic carbocycles. The van der Waals surface area contributed by atoms with Crippen molar-refractivity contribution in [2.75, 3.05) is 0 Å². The molecule has 0 aliphatic heterocycles. The summed E-state index contributed by atoms with van der Waals surface area (Å²) in [5, 5.41) is 37.1. The highest BCUT2D eigenvalue weighted by Crippen LogP contribution is 2.46. The van der Waals surface area contributed by atoms with Gasteiger partial charge in [-0.05, 0) is 96.5 Å². The van der Waals surface area contributed by atoms with Crippen LogP contribution in [0.1, 0.15) is 81.6 Å². The van der Waals surface area contributed by atoms with Gasteiger partial charge in [-0.1, -0.05) is 204 Å². The number of carbonyl (C=O) groups excluding carboxylic acids is 2. The summed E-state index contributed by atoms with van der Waals surface area (Å²) in [6.45, 7) is 11.1. The fourth-order valence-electron chi connectivity index (χ4n) is 8.78. The number of fused-ring (bicyclic) bond motifs is 2. The second-order valence-electron chi connectivity index (χ2n) is 17.6. The van der Waals surface area contributed by atoms with E-state index in [0.717, 1.165) is 43.8 Å². The van der Waals surface area contributed by atoms with Crippen LogP contribution in [0.25, 0.3) is 21.5 Å². The number of benzene rings is 8. The van der Waals surface area contributed by atoms with E-state index < -0.39 is 40.5 Å². The molecule has 2 atom stereocenters. The van der Waals surface area contributed by atoms with Gasteiger partial charge < -0.3 is 20.8 Å². The van der Waals surface area contributed by atoms with E-state index in [1.165, 1.54) is 0 Å². The molecule has 0 aromatic heterocycles. The van der Waals surface area contributed by atoms with Gasteiger partial charge in [0.25, 0.3) is 0 Å². The summed E-state index contributed by atoms with van der Waals surface area (Å²) in [5.74, 6) is -1.22. The monoisotopic (exact) mass is 830 g/mol. The summed E-state index contributed by atoms with van der Waals surface area (Å²) in [5.41, 5.74) is 2.42. The Morgan fingerprint density at radius 3 is 0.968 bits per heavy atom. The predicted octanol–water partition coefficient (Wildman–Crippen LogP) is 11.1. The van der Waals surface area contributed by atoms with Crippen molar-refractivity contribution in [3.63, 3.8) is 0 Å². The molecule has 2 unspecified atom stereocenters. The summed E-state index contributed by atoms with van der Waals surface area (Å²) in [6, 6.07) is 56.1. The minimum absolute atomic E-state index is 0.578. The van der Waals surface area contributed by atoms with Crippen LogP contribution in [0.15, 0.2) is 182 Å². The first-order valence-corrected chi connectivity index (χ1v) is 21.5. The van der Waals surface area contributed by atoms with Crippen molar-refractivity contribution in [1.29, 1.82) is 0 Å². The molecule has 8 aromatic carbocycles. The topological polar surface area (TPSA) is 98.7 Å². The highest BCUT2D eigenvalue weighted by atomic mass is 16.3. The number of carbonyl (C=O) groups is 2. The number of amides is 2. The number of hydrogen-bond donors (Lipinski definition) is 4. The highest BCUT2D eigenvalue weighted by Gasteiger charge is 2.49. The summed E-state index contributed by atoms with van der Waals surface area (Å²) < 4.78 is 0. The van der Waals surface area contributed by atoms with Crippen molar-refractivity contribution in [3.8, 4) is 0 Å². The van der Waals surface area contributed by atoms with Gasteiger partial charge in [0, 0.05) is 0 Å². The van der Waals surface area contributed by atoms with Gasteiger partial charge in [0.15, 0.2) is 0 Å². The normalized spacial score (nSPS) is 13.1. The maximum Gasteiger partial charge on any atom is 0.235 e. The Hall–Kier alpha value is -6.86. The van der Waals surface area contributed by atoms with E-state index in [1.54, 1.807) is 13.8 Å². The molecule has 0 saturated heterocycles. The summed E-state index contributed by atoms with van der Waals surface area (Å²) in [6.07, 6.45) is 0. The van der Waals surface area contributed by atoms with Gasteiger partial charge in [-0.15, -0.1) is 0 Å². The fraction of sp³-hybridized carbons (Fsp3) is 0.193. The molecule has 316 valence electrons. The highest BCUT2D eigenvalue weighted by molar-refractivity contribution is 6.05. The molecule has 0 fully saturated rings. The van der Waals surface area contributed by atoms with E-state index in [1.807, 2.05) is 210 Å². The number of rotatable bonds is 12. The molecule has 8 aromatic rings. The Morgan fingerprint density at radius 2 is 0.667 bits per heavy atom. The predicted molar refractivity (Wildman–Crippen MR) is 254 cm³/mol. The number of nitrogens with one attached hydrogen (secondary N) is 2. The Morgan fingerprint density at radius 1 is 0.397 bits per heavy atom. The lowest BCUT2D eigenvalue weighted by Crippen LogP contribution is -2.55.